The zero-order valence-corrected chi connectivity index (χ0v) is 8.37. The highest BCUT2D eigenvalue weighted by atomic mass is 16.4. The Balaban J connectivity index is 2.91. The van der Waals surface area contributed by atoms with E-state index >= 15 is 0 Å². The Morgan fingerprint density at radius 3 is 2.56 bits per heavy atom. The number of hydrogen-bond donors (Lipinski definition) is 5. The molecule has 1 rings (SSSR count). The third kappa shape index (κ3) is 2.59. The van der Waals surface area contributed by atoms with Crippen molar-refractivity contribution in [2.24, 2.45) is 0 Å². The number of nitrogens with zero attached hydrogens (tertiary/aromatic N) is 1. The van der Waals surface area contributed by atoms with Crippen molar-refractivity contribution >= 4 is 17.3 Å². The Bertz CT molecular complexity index is 396. The Morgan fingerprint density at radius 2 is 2.00 bits per heavy atom. The van der Waals surface area contributed by atoms with Crippen LogP contribution >= 0.6 is 0 Å². The van der Waals surface area contributed by atoms with Gasteiger partial charge >= 0.3 is 5.97 Å². The lowest BCUT2D eigenvalue weighted by atomic mass is 10.0. The molecule has 1 aromatic heterocycles. The standard InChI is InChI=1S/C9H13N3O4/c10-5-3-12-2-4(8(5)11)9(16)6(13)1-7(14)15/h2-3,6,9,13,16H,1,10H2,(H2,11,12)(H,14,15). The predicted octanol–water partition coefficient (Wildman–Crippen LogP) is -0.885. The molecule has 0 saturated carbocycles. The monoisotopic (exact) mass is 227 g/mol. The summed E-state index contributed by atoms with van der Waals surface area (Å²) in [6, 6.07) is 0. The van der Waals surface area contributed by atoms with Crippen LogP contribution in [0, 0.1) is 0 Å². The number of carboxylic acids is 1. The van der Waals surface area contributed by atoms with E-state index in [4.69, 9.17) is 16.6 Å². The molecule has 0 radical (unpaired) electrons. The van der Waals surface area contributed by atoms with Crippen LogP contribution in [0.2, 0.25) is 0 Å². The van der Waals surface area contributed by atoms with Crippen molar-refractivity contribution in [3.05, 3.63) is 18.0 Å². The summed E-state index contributed by atoms with van der Waals surface area (Å²) in [5.74, 6) is -1.22. The Morgan fingerprint density at radius 1 is 1.38 bits per heavy atom. The number of aliphatic hydroxyl groups is 2. The van der Waals surface area contributed by atoms with E-state index in [1.165, 1.54) is 12.4 Å². The van der Waals surface area contributed by atoms with Gasteiger partial charge in [-0.15, -0.1) is 0 Å². The number of anilines is 2. The summed E-state index contributed by atoms with van der Waals surface area (Å²) >= 11 is 0. The van der Waals surface area contributed by atoms with Crippen LogP contribution in [0.3, 0.4) is 0 Å². The number of aromatic nitrogens is 1. The molecule has 7 N–H and O–H groups in total. The number of nitrogen functional groups attached to an aromatic ring is 2. The summed E-state index contributed by atoms with van der Waals surface area (Å²) < 4.78 is 0. The molecule has 2 atom stereocenters. The molecule has 0 aromatic carbocycles. The smallest absolute Gasteiger partial charge is 0.306 e. The van der Waals surface area contributed by atoms with Crippen LogP contribution in [-0.2, 0) is 4.79 Å². The third-order valence-corrected chi connectivity index (χ3v) is 2.12. The quantitative estimate of drug-likeness (QED) is 0.449. The molecule has 0 saturated heterocycles. The number of aliphatic carboxylic acids is 1. The topological polar surface area (TPSA) is 143 Å². The predicted molar refractivity (Wildman–Crippen MR) is 56.3 cm³/mol. The van der Waals surface area contributed by atoms with E-state index in [2.05, 4.69) is 4.98 Å². The van der Waals surface area contributed by atoms with Crippen molar-refractivity contribution in [2.75, 3.05) is 11.5 Å². The van der Waals surface area contributed by atoms with Crippen molar-refractivity contribution in [3.8, 4) is 0 Å². The fourth-order valence-corrected chi connectivity index (χ4v) is 1.24. The van der Waals surface area contributed by atoms with Gasteiger partial charge in [-0.1, -0.05) is 0 Å². The zero-order valence-electron chi connectivity index (χ0n) is 8.37. The number of carbonyl (C=O) groups is 1. The molecule has 7 nitrogen and oxygen atoms in total. The number of aliphatic hydroxyl groups excluding tert-OH is 2. The molecular weight excluding hydrogens is 214 g/mol. The molecule has 0 aliphatic rings. The van der Waals surface area contributed by atoms with E-state index in [1.54, 1.807) is 0 Å². The minimum Gasteiger partial charge on any atom is -0.481 e. The van der Waals surface area contributed by atoms with Crippen molar-refractivity contribution in [3.63, 3.8) is 0 Å². The van der Waals surface area contributed by atoms with Gasteiger partial charge in [-0.3, -0.25) is 9.78 Å². The van der Waals surface area contributed by atoms with Gasteiger partial charge in [0, 0.05) is 11.8 Å². The summed E-state index contributed by atoms with van der Waals surface area (Å²) in [6.07, 6.45) is -0.929. The fourth-order valence-electron chi connectivity index (χ4n) is 1.24. The maximum Gasteiger partial charge on any atom is 0.306 e. The maximum atomic E-state index is 10.4. The van der Waals surface area contributed by atoms with Gasteiger partial charge in [0.15, 0.2) is 0 Å². The second-order valence-electron chi connectivity index (χ2n) is 3.34. The second kappa shape index (κ2) is 4.77. The minimum absolute atomic E-state index is 0.0898. The molecule has 1 heterocycles. The molecule has 0 spiro atoms. The van der Waals surface area contributed by atoms with Gasteiger partial charge in [-0.05, 0) is 0 Å². The van der Waals surface area contributed by atoms with Crippen LogP contribution < -0.4 is 11.5 Å². The van der Waals surface area contributed by atoms with Gasteiger partial charge < -0.3 is 26.8 Å². The van der Waals surface area contributed by atoms with Crippen molar-refractivity contribution < 1.29 is 20.1 Å². The van der Waals surface area contributed by atoms with Crippen LogP contribution in [-0.4, -0.2) is 32.4 Å². The molecule has 1 aromatic rings. The summed E-state index contributed by atoms with van der Waals surface area (Å²) in [5.41, 5.74) is 11.4. The maximum absolute atomic E-state index is 10.4. The Hall–Kier alpha value is -1.86. The highest BCUT2D eigenvalue weighted by Gasteiger charge is 2.23. The van der Waals surface area contributed by atoms with Crippen molar-refractivity contribution in [1.82, 2.24) is 4.98 Å². The number of carboxylic acid groups (broad SMARTS) is 1. The minimum atomic E-state index is -1.46. The summed E-state index contributed by atoms with van der Waals surface area (Å²) in [6.45, 7) is 0. The van der Waals surface area contributed by atoms with E-state index in [0.717, 1.165) is 0 Å². The van der Waals surface area contributed by atoms with Crippen molar-refractivity contribution in [2.45, 2.75) is 18.6 Å². The first-order chi connectivity index (χ1) is 7.43. The van der Waals surface area contributed by atoms with Gasteiger partial charge in [0.1, 0.15) is 6.10 Å². The average molecular weight is 227 g/mol. The zero-order chi connectivity index (χ0) is 12.3. The van der Waals surface area contributed by atoms with Crippen LogP contribution in [0.1, 0.15) is 18.1 Å². The highest BCUT2D eigenvalue weighted by Crippen LogP contribution is 2.27. The summed E-state index contributed by atoms with van der Waals surface area (Å²) in [5, 5.41) is 27.5. The Kier molecular flexibility index (Phi) is 3.64. The summed E-state index contributed by atoms with van der Waals surface area (Å²) in [4.78, 5) is 14.1. The van der Waals surface area contributed by atoms with E-state index in [0.29, 0.717) is 0 Å². The number of rotatable bonds is 4. The van der Waals surface area contributed by atoms with Crippen molar-refractivity contribution in [1.29, 1.82) is 0 Å². The van der Waals surface area contributed by atoms with Crippen LogP contribution in [0.5, 0.6) is 0 Å². The van der Waals surface area contributed by atoms with Crippen LogP contribution in [0.4, 0.5) is 11.4 Å². The SMILES string of the molecule is Nc1cncc(C(O)C(O)CC(=O)O)c1N. The van der Waals surface area contributed by atoms with E-state index in [9.17, 15) is 15.0 Å². The third-order valence-electron chi connectivity index (χ3n) is 2.12. The molecule has 0 amide bonds. The van der Waals surface area contributed by atoms with Gasteiger partial charge in [0.2, 0.25) is 0 Å². The first kappa shape index (κ1) is 12.2. The molecule has 2 unspecified atom stereocenters. The molecule has 0 fully saturated rings. The molecule has 0 bridgehead atoms. The second-order valence-corrected chi connectivity index (χ2v) is 3.34. The largest absolute Gasteiger partial charge is 0.481 e. The number of hydrogen-bond acceptors (Lipinski definition) is 6. The van der Waals surface area contributed by atoms with Crippen LogP contribution in [0.25, 0.3) is 0 Å². The fraction of sp³-hybridized carbons (Fsp3) is 0.333. The molecule has 88 valence electrons. The van der Waals surface area contributed by atoms with E-state index < -0.39 is 24.6 Å². The molecule has 0 aliphatic carbocycles. The van der Waals surface area contributed by atoms with E-state index in [-0.39, 0.29) is 16.9 Å². The molecular formula is C9H13N3O4. The lowest BCUT2D eigenvalue weighted by Gasteiger charge is -2.18. The van der Waals surface area contributed by atoms with Gasteiger partial charge in [0.05, 0.1) is 30.1 Å². The number of nitrogens with two attached hydrogens (primary N) is 2. The highest BCUT2D eigenvalue weighted by molar-refractivity contribution is 5.68. The molecule has 16 heavy (non-hydrogen) atoms. The number of pyridine rings is 1. The first-order valence-electron chi connectivity index (χ1n) is 4.50. The lowest BCUT2D eigenvalue weighted by molar-refractivity contribution is -0.141. The van der Waals surface area contributed by atoms with E-state index in [1.807, 2.05) is 0 Å². The first-order valence-corrected chi connectivity index (χ1v) is 4.50. The lowest BCUT2D eigenvalue weighted by Crippen LogP contribution is -2.23. The summed E-state index contributed by atoms with van der Waals surface area (Å²) in [7, 11) is 0. The molecule has 7 heteroatoms. The van der Waals surface area contributed by atoms with Crippen LogP contribution in [0.15, 0.2) is 12.4 Å². The van der Waals surface area contributed by atoms with Gasteiger partial charge in [0.25, 0.3) is 0 Å². The van der Waals surface area contributed by atoms with Gasteiger partial charge in [-0.25, -0.2) is 0 Å². The average Bonchev–Trinajstić information content (AvgIpc) is 2.20. The van der Waals surface area contributed by atoms with Gasteiger partial charge in [-0.2, -0.15) is 0 Å². The molecule has 0 aliphatic heterocycles. The Labute approximate surface area is 91.3 Å². The normalized spacial score (nSPS) is 14.4.